The van der Waals surface area contributed by atoms with Gasteiger partial charge in [-0.25, -0.2) is 4.79 Å². The van der Waals surface area contributed by atoms with Crippen LogP contribution in [0.3, 0.4) is 0 Å². The summed E-state index contributed by atoms with van der Waals surface area (Å²) >= 11 is 0. The largest absolute Gasteiger partial charge is 0.455 e. The van der Waals surface area contributed by atoms with Crippen LogP contribution in [0.5, 0.6) is 0 Å². The maximum atomic E-state index is 10.7. The van der Waals surface area contributed by atoms with Crippen LogP contribution in [0.2, 0.25) is 0 Å². The first-order chi connectivity index (χ1) is 5.24. The normalized spacial score (nSPS) is 11.7. The molecular weight excluding hydrogens is 140 g/mol. The van der Waals surface area contributed by atoms with E-state index < -0.39 is 0 Å². The van der Waals surface area contributed by atoms with Gasteiger partial charge in [-0.1, -0.05) is 32.6 Å². The summed E-state index contributed by atoms with van der Waals surface area (Å²) in [4.78, 5) is 10.7. The van der Waals surface area contributed by atoms with Gasteiger partial charge >= 0.3 is 5.97 Å². The molecule has 2 heteroatoms. The van der Waals surface area contributed by atoms with Crippen LogP contribution in [0.15, 0.2) is 25.3 Å². The number of carbonyl (C=O) groups is 1. The van der Waals surface area contributed by atoms with Gasteiger partial charge in [0.2, 0.25) is 0 Å². The maximum absolute atomic E-state index is 10.7. The van der Waals surface area contributed by atoms with Crippen LogP contribution in [0.4, 0.5) is 0 Å². The van der Waals surface area contributed by atoms with E-state index in [1.165, 1.54) is 0 Å². The molecule has 11 heavy (non-hydrogen) atoms. The van der Waals surface area contributed by atoms with Crippen LogP contribution in [0, 0.1) is 0 Å². The molecule has 1 atom stereocenters. The number of rotatable bonds is 5. The third-order valence-electron chi connectivity index (χ3n) is 1.27. The van der Waals surface area contributed by atoms with E-state index in [0.29, 0.717) is 0 Å². The Kier molecular flexibility index (Phi) is 5.17. The molecule has 0 aromatic rings. The molecule has 0 amide bonds. The van der Waals surface area contributed by atoms with Gasteiger partial charge in [0.25, 0.3) is 0 Å². The summed E-state index contributed by atoms with van der Waals surface area (Å²) in [5, 5.41) is 0. The first-order valence-corrected chi connectivity index (χ1v) is 3.70. The second-order valence-electron chi connectivity index (χ2n) is 2.20. The summed E-state index contributed by atoms with van der Waals surface area (Å²) in [6, 6.07) is 0. The van der Waals surface area contributed by atoms with E-state index in [9.17, 15) is 4.79 Å². The molecule has 0 saturated heterocycles. The minimum absolute atomic E-state index is 0.162. The smallest absolute Gasteiger partial charge is 0.330 e. The van der Waals surface area contributed by atoms with Gasteiger partial charge in [-0.15, -0.1) is 0 Å². The zero-order chi connectivity index (χ0) is 8.69. The summed E-state index contributed by atoms with van der Waals surface area (Å²) < 4.78 is 4.91. The molecule has 0 rings (SSSR count). The fourth-order valence-corrected chi connectivity index (χ4v) is 0.707. The van der Waals surface area contributed by atoms with Crippen LogP contribution in [-0.4, -0.2) is 12.1 Å². The van der Waals surface area contributed by atoms with Gasteiger partial charge in [0, 0.05) is 6.08 Å². The molecule has 0 saturated carbocycles. The average Bonchev–Trinajstić information content (AvgIpc) is 2.03. The van der Waals surface area contributed by atoms with Crippen molar-refractivity contribution in [1.29, 1.82) is 0 Å². The predicted octanol–water partition coefficient (Wildman–Crippen LogP) is 2.07. The Hall–Kier alpha value is -1.05. The SMILES string of the molecule is C=CC(=O)OC(C=C)CCC. The fraction of sp³-hybridized carbons (Fsp3) is 0.444. The molecule has 0 spiro atoms. The van der Waals surface area contributed by atoms with Crippen molar-refractivity contribution < 1.29 is 9.53 Å². The lowest BCUT2D eigenvalue weighted by atomic mass is 10.2. The van der Waals surface area contributed by atoms with Crippen LogP contribution in [-0.2, 0) is 9.53 Å². The maximum Gasteiger partial charge on any atom is 0.330 e. The lowest BCUT2D eigenvalue weighted by molar-refractivity contribution is -0.141. The molecule has 0 radical (unpaired) electrons. The summed E-state index contributed by atoms with van der Waals surface area (Å²) in [6.45, 7) is 8.88. The van der Waals surface area contributed by atoms with Gasteiger partial charge in [-0.05, 0) is 6.42 Å². The zero-order valence-corrected chi connectivity index (χ0v) is 6.88. The van der Waals surface area contributed by atoms with E-state index in [1.54, 1.807) is 6.08 Å². The van der Waals surface area contributed by atoms with Gasteiger partial charge in [-0.2, -0.15) is 0 Å². The lowest BCUT2D eigenvalue weighted by Gasteiger charge is -2.10. The van der Waals surface area contributed by atoms with Gasteiger partial charge in [0.15, 0.2) is 0 Å². The second kappa shape index (κ2) is 5.71. The molecule has 0 aromatic carbocycles. The Bertz CT molecular complexity index is 150. The summed E-state index contributed by atoms with van der Waals surface area (Å²) in [6.07, 6.45) is 4.42. The molecule has 0 N–H and O–H groups in total. The van der Waals surface area contributed by atoms with Crippen molar-refractivity contribution in [3.63, 3.8) is 0 Å². The third kappa shape index (κ3) is 4.37. The molecule has 1 unspecified atom stereocenters. The monoisotopic (exact) mass is 154 g/mol. The Morgan fingerprint density at radius 1 is 1.64 bits per heavy atom. The first kappa shape index (κ1) is 9.95. The highest BCUT2D eigenvalue weighted by molar-refractivity contribution is 5.81. The Morgan fingerprint density at radius 3 is 2.64 bits per heavy atom. The predicted molar refractivity (Wildman–Crippen MR) is 45.2 cm³/mol. The molecule has 0 aliphatic carbocycles. The van der Waals surface area contributed by atoms with E-state index in [1.807, 2.05) is 6.92 Å². The van der Waals surface area contributed by atoms with E-state index in [-0.39, 0.29) is 12.1 Å². The van der Waals surface area contributed by atoms with Gasteiger partial charge < -0.3 is 4.74 Å². The molecule has 0 fully saturated rings. The summed E-state index contributed by atoms with van der Waals surface area (Å²) in [7, 11) is 0. The summed E-state index contributed by atoms with van der Waals surface area (Å²) in [5.74, 6) is -0.386. The van der Waals surface area contributed by atoms with Crippen molar-refractivity contribution in [3.8, 4) is 0 Å². The lowest BCUT2D eigenvalue weighted by Crippen LogP contribution is -2.13. The molecule has 0 heterocycles. The van der Waals surface area contributed by atoms with E-state index in [2.05, 4.69) is 13.2 Å². The molecule has 62 valence electrons. The van der Waals surface area contributed by atoms with Gasteiger partial charge in [0.05, 0.1) is 0 Å². The van der Waals surface area contributed by atoms with Crippen LogP contribution >= 0.6 is 0 Å². The zero-order valence-electron chi connectivity index (χ0n) is 6.88. The minimum Gasteiger partial charge on any atom is -0.455 e. The van der Waals surface area contributed by atoms with Crippen LogP contribution in [0.25, 0.3) is 0 Å². The van der Waals surface area contributed by atoms with Crippen LogP contribution < -0.4 is 0 Å². The number of carbonyl (C=O) groups excluding carboxylic acids is 1. The minimum atomic E-state index is -0.386. The highest BCUT2D eigenvalue weighted by Gasteiger charge is 2.05. The highest BCUT2D eigenvalue weighted by Crippen LogP contribution is 2.03. The van der Waals surface area contributed by atoms with Crippen molar-refractivity contribution >= 4 is 5.97 Å². The molecule has 2 nitrogen and oxygen atoms in total. The molecule has 0 aliphatic rings. The molecule has 0 bridgehead atoms. The first-order valence-electron chi connectivity index (χ1n) is 3.70. The number of esters is 1. The highest BCUT2D eigenvalue weighted by atomic mass is 16.5. The Labute approximate surface area is 67.6 Å². The van der Waals surface area contributed by atoms with Crippen LogP contribution in [0.1, 0.15) is 19.8 Å². The fourth-order valence-electron chi connectivity index (χ4n) is 0.707. The van der Waals surface area contributed by atoms with Crippen molar-refractivity contribution in [2.45, 2.75) is 25.9 Å². The van der Waals surface area contributed by atoms with Gasteiger partial charge in [0.1, 0.15) is 6.10 Å². The van der Waals surface area contributed by atoms with Crippen molar-refractivity contribution in [3.05, 3.63) is 25.3 Å². The van der Waals surface area contributed by atoms with Crippen molar-refractivity contribution in [2.75, 3.05) is 0 Å². The molecule has 0 aliphatic heterocycles. The van der Waals surface area contributed by atoms with Crippen molar-refractivity contribution in [2.24, 2.45) is 0 Å². The Morgan fingerprint density at radius 2 is 2.27 bits per heavy atom. The third-order valence-corrected chi connectivity index (χ3v) is 1.27. The Balaban J connectivity index is 3.76. The number of hydrogen-bond acceptors (Lipinski definition) is 2. The van der Waals surface area contributed by atoms with E-state index in [4.69, 9.17) is 4.74 Å². The van der Waals surface area contributed by atoms with E-state index >= 15 is 0 Å². The molecule has 0 aromatic heterocycles. The van der Waals surface area contributed by atoms with Gasteiger partial charge in [-0.3, -0.25) is 0 Å². The van der Waals surface area contributed by atoms with E-state index in [0.717, 1.165) is 18.9 Å². The topological polar surface area (TPSA) is 26.3 Å². The molecular formula is C9H14O2. The van der Waals surface area contributed by atoms with Crippen molar-refractivity contribution in [1.82, 2.24) is 0 Å². The average molecular weight is 154 g/mol. The summed E-state index contributed by atoms with van der Waals surface area (Å²) in [5.41, 5.74) is 0. The quantitative estimate of drug-likeness (QED) is 0.344. The number of ether oxygens (including phenoxy) is 1. The standard InChI is InChI=1S/C9H14O2/c1-4-7-8(5-2)11-9(10)6-3/h5-6,8H,2-4,7H2,1H3. The second-order valence-corrected chi connectivity index (χ2v) is 2.20. The number of hydrogen-bond donors (Lipinski definition) is 0.